The Labute approximate surface area is 87.1 Å². The number of fused-ring (bicyclic) bond motifs is 5. The molecule has 14 heavy (non-hydrogen) atoms. The average Bonchev–Trinajstić information content (AvgIpc) is 2.68. The van der Waals surface area contributed by atoms with Gasteiger partial charge in [0, 0.05) is 0 Å². The molecule has 2 bridgehead atoms. The molecule has 1 saturated carbocycles. The van der Waals surface area contributed by atoms with Gasteiger partial charge in [0.05, 0.1) is 0 Å². The van der Waals surface area contributed by atoms with E-state index in [0.29, 0.717) is 5.41 Å². The zero-order chi connectivity index (χ0) is 9.60. The maximum atomic E-state index is 2.55. The quantitative estimate of drug-likeness (QED) is 0.505. The van der Waals surface area contributed by atoms with Gasteiger partial charge in [0.1, 0.15) is 0 Å². The highest BCUT2D eigenvalue weighted by Crippen LogP contribution is 2.59. The maximum absolute atomic E-state index is 2.55. The largest absolute Gasteiger partial charge is 0.0885 e. The normalized spacial score (nSPS) is 52.5. The minimum Gasteiger partial charge on any atom is -0.0885 e. The second-order valence-electron chi connectivity index (χ2n) is 5.60. The third kappa shape index (κ3) is 1.06. The fourth-order valence-corrected chi connectivity index (χ4v) is 4.05. The molecule has 76 valence electrons. The Morgan fingerprint density at radius 1 is 1.21 bits per heavy atom. The molecule has 4 atom stereocenters. The molecule has 0 aromatic carbocycles. The van der Waals surface area contributed by atoms with Crippen molar-refractivity contribution in [2.75, 3.05) is 0 Å². The van der Waals surface area contributed by atoms with Crippen molar-refractivity contribution in [2.24, 2.45) is 23.2 Å². The van der Waals surface area contributed by atoms with E-state index in [4.69, 9.17) is 0 Å². The number of allylic oxidation sites excluding steroid dienone is 4. The van der Waals surface area contributed by atoms with Crippen LogP contribution < -0.4 is 0 Å². The van der Waals surface area contributed by atoms with E-state index in [1.807, 2.05) is 0 Å². The van der Waals surface area contributed by atoms with Crippen molar-refractivity contribution in [2.45, 2.75) is 39.0 Å². The predicted octanol–water partition coefficient (Wildman–Crippen LogP) is 3.95. The van der Waals surface area contributed by atoms with Gasteiger partial charge in [-0.1, -0.05) is 31.2 Å². The monoisotopic (exact) mass is 188 g/mol. The Kier molecular flexibility index (Phi) is 1.87. The second-order valence-corrected chi connectivity index (χ2v) is 5.60. The highest BCUT2D eigenvalue weighted by atomic mass is 14.6. The minimum atomic E-state index is 0.643. The summed E-state index contributed by atoms with van der Waals surface area (Å²) in [7, 11) is 0. The molecule has 0 aromatic rings. The molecule has 0 heterocycles. The van der Waals surface area contributed by atoms with E-state index in [1.54, 1.807) is 0 Å². The molecule has 3 rings (SSSR count). The Bertz CT molecular complexity index is 286. The first kappa shape index (κ1) is 8.76. The molecule has 0 radical (unpaired) electrons. The molecule has 3 aliphatic rings. The van der Waals surface area contributed by atoms with Gasteiger partial charge in [-0.25, -0.2) is 0 Å². The van der Waals surface area contributed by atoms with Gasteiger partial charge in [-0.05, 0) is 55.3 Å². The van der Waals surface area contributed by atoms with Crippen molar-refractivity contribution in [1.82, 2.24) is 0 Å². The third-order valence-corrected chi connectivity index (χ3v) is 4.97. The van der Waals surface area contributed by atoms with Crippen LogP contribution in [0, 0.1) is 23.2 Å². The van der Waals surface area contributed by atoms with Crippen LogP contribution in [0.2, 0.25) is 0 Å². The predicted molar refractivity (Wildman–Crippen MR) is 59.9 cm³/mol. The zero-order valence-electron chi connectivity index (χ0n) is 9.08. The second kappa shape index (κ2) is 2.98. The molecule has 0 heteroatoms. The van der Waals surface area contributed by atoms with Crippen LogP contribution in [0.1, 0.15) is 39.0 Å². The van der Waals surface area contributed by atoms with Crippen molar-refractivity contribution in [1.29, 1.82) is 0 Å². The standard InChI is InChI=1S/C14H20/c1-14-9-5-3-2-4-6-13(14)11-7-8-12(14)10-11/h2,4,7-8,11-13H,3,5-6,9-10H2,1H3/b4-2-. The summed E-state index contributed by atoms with van der Waals surface area (Å²) in [5, 5.41) is 0. The van der Waals surface area contributed by atoms with Gasteiger partial charge in [-0.3, -0.25) is 0 Å². The molecule has 0 amide bonds. The van der Waals surface area contributed by atoms with E-state index < -0.39 is 0 Å². The van der Waals surface area contributed by atoms with Crippen LogP contribution in [-0.2, 0) is 0 Å². The smallest absolute Gasteiger partial charge is 0.0171 e. The first-order valence-electron chi connectivity index (χ1n) is 6.14. The summed E-state index contributed by atoms with van der Waals surface area (Å²) in [5.74, 6) is 2.77. The molecule has 0 aliphatic heterocycles. The summed E-state index contributed by atoms with van der Waals surface area (Å²) in [6.07, 6.45) is 16.8. The van der Waals surface area contributed by atoms with Crippen LogP contribution in [0.25, 0.3) is 0 Å². The van der Waals surface area contributed by atoms with Crippen LogP contribution in [0.5, 0.6) is 0 Å². The van der Waals surface area contributed by atoms with Crippen LogP contribution in [0.15, 0.2) is 24.3 Å². The molecular weight excluding hydrogens is 168 g/mol. The average molecular weight is 188 g/mol. The highest BCUT2D eigenvalue weighted by molar-refractivity contribution is 5.19. The fraction of sp³-hybridized carbons (Fsp3) is 0.714. The zero-order valence-corrected chi connectivity index (χ0v) is 9.08. The Hall–Kier alpha value is -0.520. The SMILES string of the molecule is CC12CCC/C=C\CC1C1C=CC2C1. The molecular formula is C14H20. The lowest BCUT2D eigenvalue weighted by Crippen LogP contribution is -2.31. The van der Waals surface area contributed by atoms with Crippen LogP contribution in [0.3, 0.4) is 0 Å². The topological polar surface area (TPSA) is 0 Å². The highest BCUT2D eigenvalue weighted by Gasteiger charge is 2.51. The van der Waals surface area contributed by atoms with Gasteiger partial charge < -0.3 is 0 Å². The van der Waals surface area contributed by atoms with Gasteiger partial charge >= 0.3 is 0 Å². The van der Waals surface area contributed by atoms with E-state index in [9.17, 15) is 0 Å². The van der Waals surface area contributed by atoms with E-state index in [-0.39, 0.29) is 0 Å². The summed E-state index contributed by atoms with van der Waals surface area (Å²) in [5.41, 5.74) is 0.643. The summed E-state index contributed by atoms with van der Waals surface area (Å²) < 4.78 is 0. The van der Waals surface area contributed by atoms with Crippen molar-refractivity contribution in [3.8, 4) is 0 Å². The van der Waals surface area contributed by atoms with Crippen LogP contribution in [-0.4, -0.2) is 0 Å². The van der Waals surface area contributed by atoms with Crippen molar-refractivity contribution >= 4 is 0 Å². The summed E-state index contributed by atoms with van der Waals surface area (Å²) >= 11 is 0. The molecule has 0 nitrogen and oxygen atoms in total. The van der Waals surface area contributed by atoms with Gasteiger partial charge in [-0.15, -0.1) is 0 Å². The Morgan fingerprint density at radius 3 is 3.07 bits per heavy atom. The summed E-state index contributed by atoms with van der Waals surface area (Å²) in [6.45, 7) is 2.55. The van der Waals surface area contributed by atoms with Crippen LogP contribution in [0.4, 0.5) is 0 Å². The Morgan fingerprint density at radius 2 is 2.14 bits per heavy atom. The first-order valence-corrected chi connectivity index (χ1v) is 6.14. The van der Waals surface area contributed by atoms with Crippen molar-refractivity contribution in [3.63, 3.8) is 0 Å². The molecule has 0 aromatic heterocycles. The maximum Gasteiger partial charge on any atom is -0.0171 e. The fourth-order valence-electron chi connectivity index (χ4n) is 4.05. The van der Waals surface area contributed by atoms with E-state index in [1.165, 1.54) is 32.1 Å². The van der Waals surface area contributed by atoms with Crippen molar-refractivity contribution in [3.05, 3.63) is 24.3 Å². The van der Waals surface area contributed by atoms with Gasteiger partial charge in [0.2, 0.25) is 0 Å². The van der Waals surface area contributed by atoms with E-state index >= 15 is 0 Å². The minimum absolute atomic E-state index is 0.643. The molecule has 1 fully saturated rings. The lowest BCUT2D eigenvalue weighted by atomic mass is 9.65. The van der Waals surface area contributed by atoms with Crippen molar-refractivity contribution < 1.29 is 0 Å². The molecule has 3 aliphatic carbocycles. The first-order chi connectivity index (χ1) is 6.81. The van der Waals surface area contributed by atoms with E-state index in [2.05, 4.69) is 31.2 Å². The number of hydrogen-bond acceptors (Lipinski definition) is 0. The van der Waals surface area contributed by atoms with Gasteiger partial charge in [-0.2, -0.15) is 0 Å². The summed E-state index contributed by atoms with van der Waals surface area (Å²) in [6, 6.07) is 0. The summed E-state index contributed by atoms with van der Waals surface area (Å²) in [4.78, 5) is 0. The van der Waals surface area contributed by atoms with E-state index in [0.717, 1.165) is 17.8 Å². The Balaban J connectivity index is 1.94. The number of hydrogen-bond donors (Lipinski definition) is 0. The van der Waals surface area contributed by atoms with Gasteiger partial charge in [0.25, 0.3) is 0 Å². The molecule has 0 saturated heterocycles. The molecule has 4 unspecified atom stereocenters. The third-order valence-electron chi connectivity index (χ3n) is 4.97. The lowest BCUT2D eigenvalue weighted by Gasteiger charge is -2.39. The van der Waals surface area contributed by atoms with Gasteiger partial charge in [0.15, 0.2) is 0 Å². The molecule has 0 spiro atoms. The molecule has 0 N–H and O–H groups in total. The van der Waals surface area contributed by atoms with Crippen LogP contribution >= 0.6 is 0 Å². The number of rotatable bonds is 0. The lowest BCUT2D eigenvalue weighted by molar-refractivity contribution is 0.144.